The van der Waals surface area contributed by atoms with E-state index in [4.69, 9.17) is 10.5 Å². The summed E-state index contributed by atoms with van der Waals surface area (Å²) in [5.74, 6) is -0.694. The highest BCUT2D eigenvalue weighted by Crippen LogP contribution is 2.22. The molecule has 28 heavy (non-hydrogen) atoms. The molecule has 0 aliphatic carbocycles. The first-order valence-electron chi connectivity index (χ1n) is 8.06. The number of carbonyl (C=O) groups excluding carboxylic acids is 2. The Morgan fingerprint density at radius 1 is 0.929 bits per heavy atom. The molecule has 4 N–H and O–H groups in total. The second-order valence-electron chi connectivity index (χ2n) is 5.74. The fourth-order valence-corrected chi connectivity index (χ4v) is 2.94. The van der Waals surface area contributed by atoms with Crippen LogP contribution in [0.4, 0.5) is 5.69 Å². The third-order valence-electron chi connectivity index (χ3n) is 3.85. The van der Waals surface area contributed by atoms with E-state index >= 15 is 0 Å². The van der Waals surface area contributed by atoms with Gasteiger partial charge in [-0.25, -0.2) is 0 Å². The number of rotatable bonds is 5. The Morgan fingerprint density at radius 2 is 1.54 bits per heavy atom. The number of hydrogen-bond acceptors (Lipinski definition) is 4. The highest BCUT2D eigenvalue weighted by molar-refractivity contribution is 9.10. The van der Waals surface area contributed by atoms with Gasteiger partial charge in [-0.05, 0) is 42.0 Å². The van der Waals surface area contributed by atoms with Crippen molar-refractivity contribution in [1.29, 1.82) is 10.5 Å². The van der Waals surface area contributed by atoms with Gasteiger partial charge in [-0.1, -0.05) is 22.0 Å². The average Bonchev–Trinajstić information content (AvgIpc) is 3.36. The van der Waals surface area contributed by atoms with Crippen LogP contribution in [-0.4, -0.2) is 21.8 Å². The van der Waals surface area contributed by atoms with Crippen molar-refractivity contribution in [2.24, 2.45) is 0 Å². The van der Waals surface area contributed by atoms with E-state index in [-0.39, 0.29) is 24.1 Å². The summed E-state index contributed by atoms with van der Waals surface area (Å²) in [6, 6.07) is 15.2. The number of nitrogens with one attached hydrogen (secondary N) is 4. The Kier molecular flexibility index (Phi) is 5.58. The SMILES string of the molecule is N#Cc1ccc(C(=O)NCc2ccc(NC(=O)c3ccc(C#N)[nH]3)cc2Br)[nH]1. The number of amides is 2. The van der Waals surface area contributed by atoms with Crippen LogP contribution >= 0.6 is 15.9 Å². The first kappa shape index (κ1) is 19.0. The van der Waals surface area contributed by atoms with Crippen LogP contribution < -0.4 is 10.6 Å². The van der Waals surface area contributed by atoms with E-state index in [0.29, 0.717) is 27.2 Å². The summed E-state index contributed by atoms with van der Waals surface area (Å²) >= 11 is 3.43. The van der Waals surface area contributed by atoms with Gasteiger partial charge >= 0.3 is 0 Å². The standard InChI is InChI=1S/C19H13BrN6O2/c20-15-7-12(26-19(28)17-6-4-14(9-22)25-17)2-1-11(15)10-23-18(27)16-5-3-13(8-21)24-16/h1-7,24-25H,10H2,(H,23,27)(H,26,28). The van der Waals surface area contributed by atoms with Crippen LogP contribution in [-0.2, 0) is 6.54 Å². The van der Waals surface area contributed by atoms with Crippen LogP contribution in [0.2, 0.25) is 0 Å². The van der Waals surface area contributed by atoms with E-state index in [1.807, 2.05) is 12.1 Å². The minimum absolute atomic E-state index is 0.261. The number of anilines is 1. The molecule has 0 radical (unpaired) electrons. The van der Waals surface area contributed by atoms with Crippen LogP contribution in [0, 0.1) is 22.7 Å². The van der Waals surface area contributed by atoms with Crippen molar-refractivity contribution in [3.8, 4) is 12.1 Å². The monoisotopic (exact) mass is 436 g/mol. The number of nitrogens with zero attached hydrogens (tertiary/aromatic N) is 2. The molecular weight excluding hydrogens is 424 g/mol. The minimum Gasteiger partial charge on any atom is -0.347 e. The topological polar surface area (TPSA) is 137 Å². The van der Waals surface area contributed by atoms with Crippen molar-refractivity contribution in [3.05, 3.63) is 75.3 Å². The molecule has 2 amide bonds. The van der Waals surface area contributed by atoms with Crippen molar-refractivity contribution in [2.45, 2.75) is 6.54 Å². The quantitative estimate of drug-likeness (QED) is 0.488. The third-order valence-corrected chi connectivity index (χ3v) is 4.59. The predicted octanol–water partition coefficient (Wildman–Crippen LogP) is 3.03. The van der Waals surface area contributed by atoms with Crippen LogP contribution in [0.3, 0.4) is 0 Å². The summed E-state index contributed by atoms with van der Waals surface area (Å²) in [6.07, 6.45) is 0. The number of nitriles is 2. The maximum atomic E-state index is 12.2. The van der Waals surface area contributed by atoms with Crippen molar-refractivity contribution in [1.82, 2.24) is 15.3 Å². The van der Waals surface area contributed by atoms with Gasteiger partial charge in [0.05, 0.1) is 0 Å². The molecule has 2 heterocycles. The van der Waals surface area contributed by atoms with Gasteiger partial charge in [0.1, 0.15) is 34.9 Å². The van der Waals surface area contributed by atoms with E-state index in [2.05, 4.69) is 36.5 Å². The number of halogens is 1. The largest absolute Gasteiger partial charge is 0.347 e. The molecule has 8 nitrogen and oxygen atoms in total. The fourth-order valence-electron chi connectivity index (χ4n) is 2.42. The first-order valence-corrected chi connectivity index (χ1v) is 8.85. The van der Waals surface area contributed by atoms with Gasteiger partial charge in [0, 0.05) is 16.7 Å². The maximum absolute atomic E-state index is 12.2. The molecular formula is C19H13BrN6O2. The molecule has 0 saturated carbocycles. The summed E-state index contributed by atoms with van der Waals surface area (Å²) in [4.78, 5) is 29.7. The maximum Gasteiger partial charge on any atom is 0.272 e. The van der Waals surface area contributed by atoms with Crippen molar-refractivity contribution < 1.29 is 9.59 Å². The Bertz CT molecular complexity index is 1130. The summed E-state index contributed by atoms with van der Waals surface area (Å²) in [5, 5.41) is 23.1. The van der Waals surface area contributed by atoms with E-state index in [9.17, 15) is 9.59 Å². The second-order valence-corrected chi connectivity index (χ2v) is 6.59. The van der Waals surface area contributed by atoms with Crippen LogP contribution in [0.5, 0.6) is 0 Å². The van der Waals surface area contributed by atoms with Gasteiger partial charge < -0.3 is 20.6 Å². The second kappa shape index (κ2) is 8.25. The number of H-pyrrole nitrogens is 2. The predicted molar refractivity (Wildman–Crippen MR) is 104 cm³/mol. The first-order chi connectivity index (χ1) is 13.5. The Morgan fingerprint density at radius 3 is 2.07 bits per heavy atom. The van der Waals surface area contributed by atoms with Gasteiger partial charge in [0.2, 0.25) is 0 Å². The summed E-state index contributed by atoms with van der Waals surface area (Å²) in [7, 11) is 0. The smallest absolute Gasteiger partial charge is 0.272 e. The van der Waals surface area contributed by atoms with Crippen molar-refractivity contribution in [2.75, 3.05) is 5.32 Å². The number of benzene rings is 1. The molecule has 0 bridgehead atoms. The van der Waals surface area contributed by atoms with E-state index in [0.717, 1.165) is 5.56 Å². The fraction of sp³-hybridized carbons (Fsp3) is 0.0526. The molecule has 9 heteroatoms. The van der Waals surface area contributed by atoms with E-state index in [1.165, 1.54) is 18.2 Å². The van der Waals surface area contributed by atoms with Crippen molar-refractivity contribution in [3.63, 3.8) is 0 Å². The molecule has 2 aromatic heterocycles. The van der Waals surface area contributed by atoms with E-state index < -0.39 is 0 Å². The molecule has 0 aliphatic heterocycles. The lowest BCUT2D eigenvalue weighted by Crippen LogP contribution is -2.23. The normalized spacial score (nSPS) is 9.96. The Hall–Kier alpha value is -3.82. The Labute approximate surface area is 168 Å². The lowest BCUT2D eigenvalue weighted by Gasteiger charge is -2.09. The minimum atomic E-state index is -0.366. The van der Waals surface area contributed by atoms with Crippen LogP contribution in [0.1, 0.15) is 37.9 Å². The van der Waals surface area contributed by atoms with Gasteiger partial charge in [0.15, 0.2) is 0 Å². The Balaban J connectivity index is 1.62. The number of aromatic amines is 2. The lowest BCUT2D eigenvalue weighted by atomic mass is 10.2. The summed E-state index contributed by atoms with van der Waals surface area (Å²) in [6.45, 7) is 0.261. The van der Waals surface area contributed by atoms with Crippen LogP contribution in [0.15, 0.2) is 46.9 Å². The number of hydrogen-bond donors (Lipinski definition) is 4. The molecule has 0 saturated heterocycles. The molecule has 0 atom stereocenters. The zero-order valence-corrected chi connectivity index (χ0v) is 15.9. The highest BCUT2D eigenvalue weighted by atomic mass is 79.9. The van der Waals surface area contributed by atoms with Gasteiger partial charge in [-0.15, -0.1) is 0 Å². The molecule has 1 aromatic carbocycles. The summed E-state index contributed by atoms with van der Waals surface area (Å²) in [5.41, 5.74) is 2.58. The van der Waals surface area contributed by atoms with E-state index in [1.54, 1.807) is 24.3 Å². The molecule has 0 unspecified atom stereocenters. The van der Waals surface area contributed by atoms with Crippen LogP contribution in [0.25, 0.3) is 0 Å². The third kappa shape index (κ3) is 4.29. The van der Waals surface area contributed by atoms with Gasteiger partial charge in [-0.2, -0.15) is 10.5 Å². The van der Waals surface area contributed by atoms with Crippen molar-refractivity contribution >= 4 is 33.4 Å². The zero-order valence-electron chi connectivity index (χ0n) is 14.3. The number of carbonyl (C=O) groups is 2. The summed E-state index contributed by atoms with van der Waals surface area (Å²) < 4.78 is 0.707. The molecule has 0 spiro atoms. The molecule has 0 fully saturated rings. The highest BCUT2D eigenvalue weighted by Gasteiger charge is 2.12. The van der Waals surface area contributed by atoms with Gasteiger partial charge in [0.25, 0.3) is 11.8 Å². The molecule has 0 aliphatic rings. The average molecular weight is 437 g/mol. The molecule has 138 valence electrons. The van der Waals surface area contributed by atoms with Gasteiger partial charge in [-0.3, -0.25) is 9.59 Å². The molecule has 3 aromatic rings. The molecule has 3 rings (SSSR count). The number of aromatic nitrogens is 2. The lowest BCUT2D eigenvalue weighted by molar-refractivity contribution is 0.0945. The zero-order chi connectivity index (χ0) is 20.1.